The number of aryl methyl sites for hydroxylation is 1. The Kier molecular flexibility index (Phi) is 3.84. The third kappa shape index (κ3) is 3.62. The first-order valence-electron chi connectivity index (χ1n) is 4.81. The van der Waals surface area contributed by atoms with E-state index in [1.165, 1.54) is 0 Å². The van der Waals surface area contributed by atoms with Crippen LogP contribution in [-0.4, -0.2) is 21.0 Å². The van der Waals surface area contributed by atoms with E-state index in [0.717, 1.165) is 5.56 Å². The van der Waals surface area contributed by atoms with Crippen LogP contribution in [0.4, 0.5) is 0 Å². The number of benzene rings is 1. The number of hydrogen-bond donors (Lipinski definition) is 2. The molecule has 1 rings (SSSR count). The number of rotatable bonds is 4. The molecule has 1 aromatic carbocycles. The van der Waals surface area contributed by atoms with Crippen molar-refractivity contribution in [2.75, 3.05) is 6.54 Å². The molecule has 0 radical (unpaired) electrons. The van der Waals surface area contributed by atoms with Crippen molar-refractivity contribution in [3.8, 4) is 0 Å². The quantitative estimate of drug-likeness (QED) is 0.757. The van der Waals surface area contributed by atoms with Gasteiger partial charge in [0.1, 0.15) is 0 Å². The average molecular weight is 229 g/mol. The molecule has 0 aliphatic rings. The van der Waals surface area contributed by atoms with Gasteiger partial charge in [-0.05, 0) is 26.0 Å². The summed E-state index contributed by atoms with van der Waals surface area (Å²) in [5.74, 6) is 0. The Morgan fingerprint density at radius 1 is 1.33 bits per heavy atom. The van der Waals surface area contributed by atoms with E-state index in [0.29, 0.717) is 11.4 Å². The van der Waals surface area contributed by atoms with Crippen molar-refractivity contribution >= 4 is 10.0 Å². The van der Waals surface area contributed by atoms with Crippen LogP contribution in [0.2, 0.25) is 0 Å². The van der Waals surface area contributed by atoms with Crippen molar-refractivity contribution in [2.45, 2.75) is 24.8 Å². The van der Waals surface area contributed by atoms with E-state index in [4.69, 9.17) is 0 Å². The van der Waals surface area contributed by atoms with E-state index in [1.54, 1.807) is 24.3 Å². The minimum absolute atomic E-state index is 0.0604. The Bertz CT molecular complexity index is 410. The van der Waals surface area contributed by atoms with Crippen LogP contribution < -0.4 is 10.5 Å². The van der Waals surface area contributed by atoms with Crippen molar-refractivity contribution in [3.63, 3.8) is 0 Å². The minimum atomic E-state index is -3.36. The number of hydrogen-bond acceptors (Lipinski definition) is 2. The van der Waals surface area contributed by atoms with Crippen molar-refractivity contribution in [3.05, 3.63) is 29.8 Å². The maximum absolute atomic E-state index is 11.7. The fourth-order valence-corrected chi connectivity index (χ4v) is 2.22. The molecule has 5 heteroatoms. The molecule has 0 unspecified atom stereocenters. The summed E-state index contributed by atoms with van der Waals surface area (Å²) in [6.07, 6.45) is 0. The Morgan fingerprint density at radius 3 is 2.33 bits per heavy atom. The molecule has 1 atom stereocenters. The maximum Gasteiger partial charge on any atom is 0.240 e. The van der Waals surface area contributed by atoms with E-state index >= 15 is 0 Å². The van der Waals surface area contributed by atoms with Gasteiger partial charge in [0.15, 0.2) is 0 Å². The molecule has 0 bridgehead atoms. The van der Waals surface area contributed by atoms with Gasteiger partial charge in [-0.15, -0.1) is 0 Å². The van der Waals surface area contributed by atoms with Crippen LogP contribution in [0.25, 0.3) is 0 Å². The highest BCUT2D eigenvalue weighted by molar-refractivity contribution is 7.89. The average Bonchev–Trinajstić information content (AvgIpc) is 2.16. The van der Waals surface area contributed by atoms with Gasteiger partial charge in [-0.2, -0.15) is 0 Å². The maximum atomic E-state index is 11.7. The zero-order chi connectivity index (χ0) is 11.5. The summed E-state index contributed by atoms with van der Waals surface area (Å²) in [5.41, 5.74) is 4.76. The summed E-state index contributed by atoms with van der Waals surface area (Å²) in [5, 5.41) is 0. The smallest absolute Gasteiger partial charge is 0.240 e. The summed E-state index contributed by atoms with van der Waals surface area (Å²) in [6, 6.07) is 6.83. The second-order valence-corrected chi connectivity index (χ2v) is 5.54. The summed E-state index contributed by atoms with van der Waals surface area (Å²) in [7, 11) is -3.36. The Hall–Kier alpha value is -0.910. The van der Waals surface area contributed by atoms with Crippen LogP contribution in [0.15, 0.2) is 29.2 Å². The minimum Gasteiger partial charge on any atom is -0.354 e. The predicted octanol–water partition coefficient (Wildman–Crippen LogP) is -0.0963. The predicted molar refractivity (Wildman–Crippen MR) is 58.7 cm³/mol. The zero-order valence-electron chi connectivity index (χ0n) is 9.03. The van der Waals surface area contributed by atoms with Gasteiger partial charge in [0.05, 0.1) is 17.5 Å². The Labute approximate surface area is 90.5 Å². The first-order chi connectivity index (χ1) is 6.92. The summed E-state index contributed by atoms with van der Waals surface area (Å²) < 4.78 is 25.9. The second-order valence-electron chi connectivity index (χ2n) is 3.77. The highest BCUT2D eigenvalue weighted by Crippen LogP contribution is 2.09. The first-order valence-corrected chi connectivity index (χ1v) is 6.29. The van der Waals surface area contributed by atoms with E-state index in [2.05, 4.69) is 10.5 Å². The summed E-state index contributed by atoms with van der Waals surface area (Å²) in [4.78, 5) is 0.300. The van der Waals surface area contributed by atoms with Crippen LogP contribution in [0.3, 0.4) is 0 Å². The molecule has 0 aliphatic carbocycles. The number of quaternary nitrogens is 1. The van der Waals surface area contributed by atoms with Gasteiger partial charge in [0.2, 0.25) is 10.0 Å². The highest BCUT2D eigenvalue weighted by Gasteiger charge is 2.14. The third-order valence-electron chi connectivity index (χ3n) is 1.95. The summed E-state index contributed by atoms with van der Waals surface area (Å²) >= 11 is 0. The van der Waals surface area contributed by atoms with Crippen LogP contribution in [0, 0.1) is 6.92 Å². The Morgan fingerprint density at radius 2 is 1.87 bits per heavy atom. The lowest BCUT2D eigenvalue weighted by molar-refractivity contribution is -0.410. The fraction of sp³-hybridized carbons (Fsp3) is 0.400. The molecule has 15 heavy (non-hydrogen) atoms. The molecule has 0 amide bonds. The molecular formula is C10H17N2O2S+. The molecule has 1 aromatic rings. The largest absolute Gasteiger partial charge is 0.354 e. The lowest BCUT2D eigenvalue weighted by Crippen LogP contribution is -2.63. The summed E-state index contributed by atoms with van der Waals surface area (Å²) in [6.45, 7) is 4.13. The zero-order valence-corrected chi connectivity index (χ0v) is 9.84. The molecule has 0 heterocycles. The highest BCUT2D eigenvalue weighted by atomic mass is 32.2. The number of nitrogens with one attached hydrogen (secondary N) is 1. The molecule has 84 valence electrons. The molecule has 0 saturated carbocycles. The lowest BCUT2D eigenvalue weighted by atomic mass is 10.2. The van der Waals surface area contributed by atoms with Crippen molar-refractivity contribution in [1.29, 1.82) is 0 Å². The van der Waals surface area contributed by atoms with Crippen molar-refractivity contribution in [2.24, 2.45) is 0 Å². The molecule has 0 aromatic heterocycles. The first kappa shape index (κ1) is 12.2. The van der Waals surface area contributed by atoms with E-state index in [9.17, 15) is 8.42 Å². The van der Waals surface area contributed by atoms with Gasteiger partial charge >= 0.3 is 0 Å². The van der Waals surface area contributed by atoms with E-state index in [-0.39, 0.29) is 6.04 Å². The monoisotopic (exact) mass is 229 g/mol. The fourth-order valence-electron chi connectivity index (χ4n) is 1.05. The lowest BCUT2D eigenvalue weighted by Gasteiger charge is -2.07. The third-order valence-corrected chi connectivity index (χ3v) is 3.39. The van der Waals surface area contributed by atoms with Crippen LogP contribution in [0.1, 0.15) is 12.5 Å². The molecule has 0 spiro atoms. The van der Waals surface area contributed by atoms with E-state index < -0.39 is 10.0 Å². The topological polar surface area (TPSA) is 73.8 Å². The van der Waals surface area contributed by atoms with Crippen LogP contribution >= 0.6 is 0 Å². The molecule has 0 aliphatic heterocycles. The second kappa shape index (κ2) is 4.74. The molecule has 0 saturated heterocycles. The van der Waals surface area contributed by atoms with Crippen LogP contribution in [-0.2, 0) is 10.0 Å². The molecule has 4 nitrogen and oxygen atoms in total. The van der Waals surface area contributed by atoms with Crippen molar-refractivity contribution < 1.29 is 14.2 Å². The van der Waals surface area contributed by atoms with Crippen LogP contribution in [0.5, 0.6) is 0 Å². The Balaban J connectivity index is 2.82. The number of sulfonamides is 1. The van der Waals surface area contributed by atoms with Gasteiger partial charge < -0.3 is 5.73 Å². The molecule has 0 fully saturated rings. The normalized spacial score (nSPS) is 13.8. The van der Waals surface area contributed by atoms with Crippen molar-refractivity contribution in [1.82, 2.24) is 4.72 Å². The van der Waals surface area contributed by atoms with Gasteiger partial charge in [-0.3, -0.25) is 0 Å². The van der Waals surface area contributed by atoms with Gasteiger partial charge in [-0.25, -0.2) is 13.1 Å². The SMILES string of the molecule is Cc1ccc(S(=O)(=O)NC[C@H](C)[NH3+])cc1. The van der Waals surface area contributed by atoms with Gasteiger partial charge in [-0.1, -0.05) is 17.7 Å². The van der Waals surface area contributed by atoms with Gasteiger partial charge in [0.25, 0.3) is 0 Å². The molecule has 4 N–H and O–H groups in total. The molecular weight excluding hydrogens is 212 g/mol. The van der Waals surface area contributed by atoms with Gasteiger partial charge in [0, 0.05) is 0 Å². The van der Waals surface area contributed by atoms with E-state index in [1.807, 2.05) is 13.8 Å². The standard InChI is InChI=1S/C10H16N2O2S/c1-8-3-5-10(6-4-8)15(13,14)12-7-9(2)11/h3-6,9,12H,7,11H2,1-2H3/p+1/t9-/m0/s1.